The van der Waals surface area contributed by atoms with E-state index >= 15 is 0 Å². The van der Waals surface area contributed by atoms with Gasteiger partial charge in [0.05, 0.1) is 12.6 Å². The Morgan fingerprint density at radius 3 is 2.48 bits per heavy atom. The summed E-state index contributed by atoms with van der Waals surface area (Å²) >= 11 is 0. The van der Waals surface area contributed by atoms with E-state index in [-0.39, 0.29) is 17.4 Å². The summed E-state index contributed by atoms with van der Waals surface area (Å²) in [6.45, 7) is 2.42. The molecule has 2 fully saturated rings. The average molecular weight is 473 g/mol. The van der Waals surface area contributed by atoms with Gasteiger partial charge in [-0.15, -0.1) is 0 Å². The number of piperidine rings is 1. The van der Waals surface area contributed by atoms with Crippen molar-refractivity contribution in [2.45, 2.75) is 31.7 Å². The van der Waals surface area contributed by atoms with Crippen LogP contribution in [0.25, 0.3) is 0 Å². The minimum absolute atomic E-state index is 0.0545. The Hall–Kier alpha value is -2.73. The van der Waals surface area contributed by atoms with Gasteiger partial charge in [0.2, 0.25) is 5.95 Å². The highest BCUT2D eigenvalue weighted by Gasteiger charge is 2.31. The van der Waals surface area contributed by atoms with E-state index in [1.807, 2.05) is 0 Å². The number of nitrogens with one attached hydrogen (secondary N) is 2. The zero-order chi connectivity index (χ0) is 24.3. The Balaban J connectivity index is 1.48. The molecular weight excluding hydrogens is 447 g/mol. The second-order valence-corrected chi connectivity index (χ2v) is 7.91. The van der Waals surface area contributed by atoms with Crippen LogP contribution >= 0.6 is 0 Å². The van der Waals surface area contributed by atoms with Gasteiger partial charge in [0.1, 0.15) is 0 Å². The normalized spacial score (nSPS) is 19.0. The van der Waals surface area contributed by atoms with Crippen LogP contribution in [0.1, 0.15) is 19.8 Å². The summed E-state index contributed by atoms with van der Waals surface area (Å²) in [6, 6.07) is 5.16. The molecule has 0 bridgehead atoms. The van der Waals surface area contributed by atoms with E-state index in [1.165, 1.54) is 12.1 Å². The zero-order valence-electron chi connectivity index (χ0n) is 18.7. The summed E-state index contributed by atoms with van der Waals surface area (Å²) < 4.78 is 76.7. The van der Waals surface area contributed by atoms with Gasteiger partial charge >= 0.3 is 12.8 Å². The van der Waals surface area contributed by atoms with Gasteiger partial charge < -0.3 is 20.3 Å². The van der Waals surface area contributed by atoms with Crippen molar-refractivity contribution in [3.63, 3.8) is 0 Å². The fraction of sp³-hybridized carbons (Fsp3) is 0.524. The van der Waals surface area contributed by atoms with Crippen molar-refractivity contribution in [2.24, 2.45) is 0 Å². The van der Waals surface area contributed by atoms with Crippen LogP contribution in [-0.4, -0.2) is 66.8 Å². The second kappa shape index (κ2) is 10.0. The summed E-state index contributed by atoms with van der Waals surface area (Å²) in [5.41, 5.74) is -0.532. The number of hydrogen-bond acceptors (Lipinski definition) is 7. The van der Waals surface area contributed by atoms with Crippen molar-refractivity contribution in [1.29, 1.82) is 0 Å². The first-order chi connectivity index (χ1) is 16.2. The van der Waals surface area contributed by atoms with Crippen molar-refractivity contribution in [1.82, 2.24) is 20.2 Å². The first kappa shape index (κ1) is 22.1. The Labute approximate surface area is 189 Å². The Morgan fingerprint density at radius 2 is 1.85 bits per heavy atom. The third-order valence-corrected chi connectivity index (χ3v) is 5.83. The molecule has 0 saturated carbocycles. The Morgan fingerprint density at radius 1 is 1.12 bits per heavy atom. The molecule has 33 heavy (non-hydrogen) atoms. The van der Waals surface area contributed by atoms with Crippen LogP contribution in [0.15, 0.2) is 30.6 Å². The van der Waals surface area contributed by atoms with Gasteiger partial charge in [-0.25, -0.2) is 9.97 Å². The maximum atomic E-state index is 13.1. The summed E-state index contributed by atoms with van der Waals surface area (Å²) in [7, 11) is 0. The molecule has 2 aromatic rings. The maximum Gasteiger partial charge on any atom is 0.419 e. The number of piperazine rings is 1. The fourth-order valence-electron chi connectivity index (χ4n) is 4.15. The highest BCUT2D eigenvalue weighted by molar-refractivity contribution is 5.68. The predicted octanol–water partition coefficient (Wildman–Crippen LogP) is 3.71. The molecular formula is C21H25F5N6O. The van der Waals surface area contributed by atoms with E-state index in [9.17, 15) is 22.0 Å². The molecule has 2 aliphatic rings. The second-order valence-electron chi connectivity index (χ2n) is 7.91. The van der Waals surface area contributed by atoms with Crippen molar-refractivity contribution < 1.29 is 28.1 Å². The maximum absolute atomic E-state index is 13.1. The average Bonchev–Trinajstić information content (AvgIpc) is 2.80. The lowest BCUT2D eigenvalue weighted by molar-refractivity contribution is -0.138. The van der Waals surface area contributed by atoms with Crippen LogP contribution in [-0.2, 0) is 6.18 Å². The zero-order valence-corrected chi connectivity index (χ0v) is 17.7. The first-order valence-electron chi connectivity index (χ1n) is 11.2. The number of benzene rings is 1. The van der Waals surface area contributed by atoms with E-state index in [1.54, 1.807) is 6.07 Å². The van der Waals surface area contributed by atoms with E-state index in [0.29, 0.717) is 17.9 Å². The summed E-state index contributed by atoms with van der Waals surface area (Å²) in [4.78, 5) is 11.6. The van der Waals surface area contributed by atoms with Gasteiger partial charge in [0.15, 0.2) is 5.75 Å². The molecule has 0 atom stereocenters. The largest absolute Gasteiger partial charge is 0.433 e. The molecule has 0 radical (unpaired) electrons. The van der Waals surface area contributed by atoms with E-state index in [4.69, 9.17) is 1.37 Å². The number of rotatable bonds is 6. The number of alkyl halides is 5. The number of hydrogen-bond donors (Lipinski definition) is 2. The lowest BCUT2D eigenvalue weighted by atomic mass is 10.0. The minimum atomic E-state index is -4.76. The minimum Gasteiger partial charge on any atom is -0.433 e. The van der Waals surface area contributed by atoms with Gasteiger partial charge in [0.25, 0.3) is 0 Å². The van der Waals surface area contributed by atoms with Crippen molar-refractivity contribution >= 4 is 17.3 Å². The Kier molecular flexibility index (Phi) is 6.72. The van der Waals surface area contributed by atoms with Crippen LogP contribution in [0, 0.1) is 0 Å². The standard InChI is InChI=1S/C21H25F5N6O/c22-19(23)33-18-11-16(31-7-3-15(4-8-31)32-9-5-27-6-10-32)1-2-17(18)30-20-28-12-14(13-29-20)21(24,25)26/h1-2,11-13,15,19,27H,3-10H2,(H,28,29,30)/i12D. The summed E-state index contributed by atoms with van der Waals surface area (Å²) in [5, 5.41) is 5.92. The quantitative estimate of drug-likeness (QED) is 0.620. The van der Waals surface area contributed by atoms with E-state index in [0.717, 1.165) is 52.1 Å². The SMILES string of the molecule is [2H]c1nc(Nc2ccc(N3CCC(N4CCNCC4)CC3)cc2OC(F)F)ncc1C(F)(F)F. The summed E-state index contributed by atoms with van der Waals surface area (Å²) in [5.74, 6) is -0.520. The van der Waals surface area contributed by atoms with Crippen molar-refractivity contribution in [3.05, 3.63) is 36.1 Å². The lowest BCUT2D eigenvalue weighted by Gasteiger charge is -2.41. The van der Waals surface area contributed by atoms with Crippen LogP contribution in [0.5, 0.6) is 5.75 Å². The van der Waals surface area contributed by atoms with E-state index < -0.39 is 24.5 Å². The smallest absolute Gasteiger partial charge is 0.419 e. The highest BCUT2D eigenvalue weighted by atomic mass is 19.4. The monoisotopic (exact) mass is 473 g/mol. The number of anilines is 3. The molecule has 1 aromatic carbocycles. The number of ether oxygens (including phenoxy) is 1. The molecule has 0 spiro atoms. The third-order valence-electron chi connectivity index (χ3n) is 5.83. The van der Waals surface area contributed by atoms with Gasteiger partial charge in [-0.05, 0) is 25.0 Å². The van der Waals surface area contributed by atoms with Crippen LogP contribution in [0.2, 0.25) is 0 Å². The molecule has 2 N–H and O–H groups in total. The Bertz CT molecular complexity index is 981. The van der Waals surface area contributed by atoms with Crippen LogP contribution < -0.4 is 20.3 Å². The number of halogens is 5. The summed E-state index contributed by atoms with van der Waals surface area (Å²) in [6.07, 6.45) is -3.40. The highest BCUT2D eigenvalue weighted by Crippen LogP contribution is 2.34. The molecule has 3 heterocycles. The topological polar surface area (TPSA) is 65.6 Å². The number of nitrogens with zero attached hydrogens (tertiary/aromatic N) is 4. The van der Waals surface area contributed by atoms with Crippen molar-refractivity contribution in [2.75, 3.05) is 49.5 Å². The van der Waals surface area contributed by atoms with Crippen LogP contribution in [0.4, 0.5) is 39.3 Å². The van der Waals surface area contributed by atoms with Crippen molar-refractivity contribution in [3.8, 4) is 5.75 Å². The lowest BCUT2D eigenvalue weighted by Crippen LogP contribution is -2.52. The van der Waals surface area contributed by atoms with Gasteiger partial charge in [-0.2, -0.15) is 22.0 Å². The molecule has 2 aliphatic heterocycles. The van der Waals surface area contributed by atoms with Gasteiger partial charge in [0, 0.05) is 69.4 Å². The molecule has 2 saturated heterocycles. The molecule has 12 heteroatoms. The number of aromatic nitrogens is 2. The van der Waals surface area contributed by atoms with Gasteiger partial charge in [-0.1, -0.05) is 0 Å². The molecule has 180 valence electrons. The van der Waals surface area contributed by atoms with Crippen LogP contribution in [0.3, 0.4) is 0 Å². The van der Waals surface area contributed by atoms with E-state index in [2.05, 4.69) is 35.1 Å². The third kappa shape index (κ3) is 5.99. The molecule has 7 nitrogen and oxygen atoms in total. The molecule has 1 aromatic heterocycles. The first-order valence-corrected chi connectivity index (χ1v) is 10.7. The molecule has 0 unspecified atom stereocenters. The fourth-order valence-corrected chi connectivity index (χ4v) is 4.15. The molecule has 4 rings (SSSR count). The van der Waals surface area contributed by atoms with Gasteiger partial charge in [-0.3, -0.25) is 4.90 Å². The molecule has 0 aliphatic carbocycles. The molecule has 0 amide bonds. The predicted molar refractivity (Wildman–Crippen MR) is 113 cm³/mol.